The lowest BCUT2D eigenvalue weighted by atomic mass is 10.2. The minimum Gasteiger partial charge on any atom is -0.482 e. The Hall–Kier alpha value is -4.28. The topological polar surface area (TPSA) is 120 Å². The lowest BCUT2D eigenvalue weighted by molar-refractivity contribution is -0.384. The Labute approximate surface area is 181 Å². The Morgan fingerprint density at radius 1 is 1.28 bits per heavy atom. The zero-order valence-electron chi connectivity index (χ0n) is 16.9. The quantitative estimate of drug-likeness (QED) is 0.465. The summed E-state index contributed by atoms with van der Waals surface area (Å²) in [6, 6.07) is 8.41. The Kier molecular flexibility index (Phi) is 5.54. The molecular formula is C21H18FN5O5. The molecule has 10 nitrogen and oxygen atoms in total. The number of nitrogens with one attached hydrogen (secondary N) is 1. The van der Waals surface area contributed by atoms with E-state index in [9.17, 15) is 24.1 Å². The van der Waals surface area contributed by atoms with Crippen molar-refractivity contribution in [3.8, 4) is 11.4 Å². The van der Waals surface area contributed by atoms with Crippen LogP contribution in [0.1, 0.15) is 11.4 Å². The third-order valence-electron chi connectivity index (χ3n) is 4.99. The molecule has 1 aromatic heterocycles. The highest BCUT2D eigenvalue weighted by atomic mass is 19.1. The lowest BCUT2D eigenvalue weighted by Gasteiger charge is -2.28. The maximum Gasteiger partial charge on any atom is 0.271 e. The number of aryl methyl sites for hydroxylation is 1. The molecule has 0 atom stereocenters. The number of carbonyl (C=O) groups excluding carboxylic acids is 2. The summed E-state index contributed by atoms with van der Waals surface area (Å²) in [6.07, 6.45) is 3.22. The molecule has 0 radical (unpaired) electrons. The number of amides is 2. The molecular weight excluding hydrogens is 421 g/mol. The minimum atomic E-state index is -0.596. The molecule has 0 bridgehead atoms. The molecule has 11 heteroatoms. The minimum absolute atomic E-state index is 0.0409. The van der Waals surface area contributed by atoms with Gasteiger partial charge in [-0.05, 0) is 30.7 Å². The van der Waals surface area contributed by atoms with Gasteiger partial charge in [-0.1, -0.05) is 6.07 Å². The fraction of sp³-hybridized carbons (Fsp3) is 0.190. The number of imidazole rings is 1. The first-order chi connectivity index (χ1) is 15.3. The molecule has 0 aliphatic carbocycles. The molecule has 0 fully saturated rings. The van der Waals surface area contributed by atoms with Gasteiger partial charge >= 0.3 is 0 Å². The number of nitro groups is 1. The Morgan fingerprint density at radius 2 is 2.09 bits per heavy atom. The number of halogens is 1. The Balaban J connectivity index is 1.44. The van der Waals surface area contributed by atoms with Crippen LogP contribution in [0.2, 0.25) is 0 Å². The molecule has 1 aliphatic heterocycles. The monoisotopic (exact) mass is 439 g/mol. The van der Waals surface area contributed by atoms with Gasteiger partial charge in [0.2, 0.25) is 5.91 Å². The van der Waals surface area contributed by atoms with Gasteiger partial charge in [0.1, 0.15) is 23.9 Å². The molecule has 0 saturated carbocycles. The number of hydrogen-bond acceptors (Lipinski definition) is 6. The second-order valence-electron chi connectivity index (χ2n) is 7.08. The first kappa shape index (κ1) is 21.0. The number of nitro benzene ring substituents is 1. The van der Waals surface area contributed by atoms with Crippen LogP contribution < -0.4 is 15.0 Å². The number of carbonyl (C=O) groups is 2. The van der Waals surface area contributed by atoms with Crippen molar-refractivity contribution < 1.29 is 23.6 Å². The smallest absolute Gasteiger partial charge is 0.271 e. The number of ether oxygens (including phenoxy) is 1. The van der Waals surface area contributed by atoms with Crippen LogP contribution >= 0.6 is 0 Å². The van der Waals surface area contributed by atoms with Crippen LogP contribution in [0, 0.1) is 22.9 Å². The molecule has 0 saturated heterocycles. The van der Waals surface area contributed by atoms with Gasteiger partial charge in [0, 0.05) is 31.1 Å². The average molecular weight is 439 g/mol. The van der Waals surface area contributed by atoms with Crippen molar-refractivity contribution in [1.29, 1.82) is 0 Å². The van der Waals surface area contributed by atoms with Crippen molar-refractivity contribution in [3.63, 3.8) is 0 Å². The number of anilines is 1. The second-order valence-corrected chi connectivity index (χ2v) is 7.08. The first-order valence-electron chi connectivity index (χ1n) is 9.60. The third kappa shape index (κ3) is 4.13. The van der Waals surface area contributed by atoms with Gasteiger partial charge in [-0.25, -0.2) is 9.37 Å². The summed E-state index contributed by atoms with van der Waals surface area (Å²) in [6.45, 7) is 1.16. The van der Waals surface area contributed by atoms with Gasteiger partial charge < -0.3 is 14.6 Å². The predicted molar refractivity (Wildman–Crippen MR) is 111 cm³/mol. The summed E-state index contributed by atoms with van der Waals surface area (Å²) < 4.78 is 21.4. The normalized spacial score (nSPS) is 12.8. The molecule has 3 aromatic rings. The van der Waals surface area contributed by atoms with E-state index in [2.05, 4.69) is 10.3 Å². The lowest BCUT2D eigenvalue weighted by Crippen LogP contribution is -2.45. The molecule has 164 valence electrons. The molecule has 2 aromatic carbocycles. The van der Waals surface area contributed by atoms with Crippen molar-refractivity contribution in [2.75, 3.05) is 18.1 Å². The molecule has 0 spiro atoms. The van der Waals surface area contributed by atoms with E-state index in [0.29, 0.717) is 17.1 Å². The van der Waals surface area contributed by atoms with Crippen molar-refractivity contribution >= 4 is 23.2 Å². The fourth-order valence-corrected chi connectivity index (χ4v) is 3.37. The largest absolute Gasteiger partial charge is 0.482 e. The maximum atomic E-state index is 14.5. The highest BCUT2D eigenvalue weighted by Gasteiger charge is 2.29. The summed E-state index contributed by atoms with van der Waals surface area (Å²) in [5.74, 6) is -0.564. The van der Waals surface area contributed by atoms with Crippen LogP contribution in [0.15, 0.2) is 48.8 Å². The van der Waals surface area contributed by atoms with Crippen LogP contribution in [0.5, 0.6) is 5.75 Å². The van der Waals surface area contributed by atoms with Gasteiger partial charge in [-0.15, -0.1) is 0 Å². The molecule has 32 heavy (non-hydrogen) atoms. The fourth-order valence-electron chi connectivity index (χ4n) is 3.37. The van der Waals surface area contributed by atoms with Crippen LogP contribution in [-0.2, 0) is 16.1 Å². The number of fused-ring (bicyclic) bond motifs is 1. The van der Waals surface area contributed by atoms with Crippen molar-refractivity contribution in [3.05, 3.63) is 76.1 Å². The van der Waals surface area contributed by atoms with Crippen LogP contribution in [-0.4, -0.2) is 39.4 Å². The number of aromatic nitrogens is 2. The Bertz CT molecular complexity index is 1230. The van der Waals surface area contributed by atoms with Gasteiger partial charge in [0.05, 0.1) is 16.3 Å². The van der Waals surface area contributed by atoms with Crippen LogP contribution in [0.25, 0.3) is 5.69 Å². The van der Waals surface area contributed by atoms with Gasteiger partial charge in [0.15, 0.2) is 6.61 Å². The maximum absolute atomic E-state index is 14.5. The van der Waals surface area contributed by atoms with E-state index in [1.165, 1.54) is 24.3 Å². The molecule has 2 amide bonds. The van der Waals surface area contributed by atoms with E-state index < -0.39 is 22.6 Å². The Morgan fingerprint density at radius 3 is 2.78 bits per heavy atom. The SMILES string of the molecule is Cc1nccn1-c1ccc(CNC(=O)CN2C(=O)COc3ccc([N+](=O)[O-])cc32)cc1F. The molecule has 0 unspecified atom stereocenters. The number of non-ortho nitro benzene ring substituents is 1. The van der Waals surface area contributed by atoms with Gasteiger partial charge in [-0.3, -0.25) is 24.6 Å². The highest BCUT2D eigenvalue weighted by Crippen LogP contribution is 2.35. The van der Waals surface area contributed by atoms with Crippen molar-refractivity contribution in [1.82, 2.24) is 14.9 Å². The van der Waals surface area contributed by atoms with Crippen LogP contribution in [0.3, 0.4) is 0 Å². The molecule has 4 rings (SSSR count). The highest BCUT2D eigenvalue weighted by molar-refractivity contribution is 6.02. The zero-order chi connectivity index (χ0) is 22.8. The predicted octanol–water partition coefficient (Wildman–Crippen LogP) is 2.27. The average Bonchev–Trinajstić information content (AvgIpc) is 3.19. The zero-order valence-corrected chi connectivity index (χ0v) is 16.9. The van der Waals surface area contributed by atoms with E-state index in [-0.39, 0.29) is 36.8 Å². The summed E-state index contributed by atoms with van der Waals surface area (Å²) in [7, 11) is 0. The molecule has 2 heterocycles. The summed E-state index contributed by atoms with van der Waals surface area (Å²) >= 11 is 0. The molecule has 1 aliphatic rings. The standard InChI is InChI=1S/C21H18FN5O5/c1-13-23-6-7-25(13)17-4-2-14(8-16(17)22)10-24-20(28)11-26-18-9-15(27(30)31)3-5-19(18)32-12-21(26)29/h2-9H,10-12H2,1H3,(H,24,28). The first-order valence-corrected chi connectivity index (χ1v) is 9.60. The van der Waals surface area contributed by atoms with E-state index in [4.69, 9.17) is 4.74 Å². The van der Waals surface area contributed by atoms with Crippen molar-refractivity contribution in [2.45, 2.75) is 13.5 Å². The third-order valence-corrected chi connectivity index (χ3v) is 4.99. The van der Waals surface area contributed by atoms with Crippen molar-refractivity contribution in [2.24, 2.45) is 0 Å². The van der Waals surface area contributed by atoms with E-state index in [1.807, 2.05) is 0 Å². The van der Waals surface area contributed by atoms with E-state index in [1.54, 1.807) is 36.0 Å². The van der Waals surface area contributed by atoms with Gasteiger partial charge in [-0.2, -0.15) is 0 Å². The number of rotatable bonds is 6. The second kappa shape index (κ2) is 8.46. The number of hydrogen-bond donors (Lipinski definition) is 1. The van der Waals surface area contributed by atoms with Gasteiger partial charge in [0.25, 0.3) is 11.6 Å². The summed E-state index contributed by atoms with van der Waals surface area (Å²) in [4.78, 5) is 40.4. The molecule has 1 N–H and O–H groups in total. The number of benzene rings is 2. The summed E-state index contributed by atoms with van der Waals surface area (Å²) in [5.41, 5.74) is 0.793. The van der Waals surface area contributed by atoms with Crippen LogP contribution in [0.4, 0.5) is 15.8 Å². The summed E-state index contributed by atoms with van der Waals surface area (Å²) in [5, 5.41) is 13.7. The van der Waals surface area contributed by atoms with E-state index in [0.717, 1.165) is 4.90 Å². The van der Waals surface area contributed by atoms with E-state index >= 15 is 0 Å². The number of nitrogens with zero attached hydrogens (tertiary/aromatic N) is 4.